The zero-order valence-corrected chi connectivity index (χ0v) is 15.6. The van der Waals surface area contributed by atoms with Gasteiger partial charge in [-0.15, -0.1) is 0 Å². The van der Waals surface area contributed by atoms with Crippen molar-refractivity contribution >= 4 is 23.3 Å². The van der Waals surface area contributed by atoms with Crippen molar-refractivity contribution in [2.45, 2.75) is 18.3 Å². The monoisotopic (exact) mass is 369 g/mol. The van der Waals surface area contributed by atoms with Crippen LogP contribution in [0.2, 0.25) is 5.02 Å². The van der Waals surface area contributed by atoms with E-state index in [1.807, 2.05) is 23.1 Å². The van der Waals surface area contributed by atoms with Gasteiger partial charge in [0.25, 0.3) is 0 Å². The van der Waals surface area contributed by atoms with Crippen molar-refractivity contribution in [3.8, 4) is 0 Å². The van der Waals surface area contributed by atoms with Crippen molar-refractivity contribution in [1.82, 2.24) is 10.2 Å². The first-order chi connectivity index (χ1) is 12.7. The molecule has 2 aromatic rings. The number of amides is 2. The van der Waals surface area contributed by atoms with E-state index in [4.69, 9.17) is 11.6 Å². The van der Waals surface area contributed by atoms with Gasteiger partial charge in [0.1, 0.15) is 0 Å². The Labute approximate surface area is 159 Å². The zero-order chi connectivity index (χ0) is 18.0. The van der Waals surface area contributed by atoms with Gasteiger partial charge in [0.2, 0.25) is 0 Å². The van der Waals surface area contributed by atoms with E-state index in [-0.39, 0.29) is 11.4 Å². The number of nitrogens with zero attached hydrogens (tertiary/aromatic N) is 2. The number of carbonyl (C=O) groups is 1. The van der Waals surface area contributed by atoms with Crippen LogP contribution in [0.4, 0.5) is 10.5 Å². The summed E-state index contributed by atoms with van der Waals surface area (Å²) >= 11 is 5.99. The molecule has 2 amide bonds. The second kappa shape index (κ2) is 7.20. The number of para-hydroxylation sites is 1. The third-order valence-corrected chi connectivity index (χ3v) is 5.83. The van der Waals surface area contributed by atoms with Gasteiger partial charge in [-0.05, 0) is 42.7 Å². The molecule has 1 heterocycles. The molecule has 0 atom stereocenters. The van der Waals surface area contributed by atoms with E-state index in [1.54, 1.807) is 0 Å². The highest BCUT2D eigenvalue weighted by Crippen LogP contribution is 2.47. The quantitative estimate of drug-likeness (QED) is 0.887. The minimum absolute atomic E-state index is 0.0537. The predicted molar refractivity (Wildman–Crippen MR) is 106 cm³/mol. The molecule has 1 saturated carbocycles. The molecule has 0 bridgehead atoms. The lowest BCUT2D eigenvalue weighted by Crippen LogP contribution is -2.52. The summed E-state index contributed by atoms with van der Waals surface area (Å²) in [7, 11) is 0. The Hall–Kier alpha value is -2.20. The zero-order valence-electron chi connectivity index (χ0n) is 14.8. The highest BCUT2D eigenvalue weighted by atomic mass is 35.5. The number of urea groups is 1. The maximum Gasteiger partial charge on any atom is 0.317 e. The van der Waals surface area contributed by atoms with E-state index in [0.717, 1.165) is 44.0 Å². The number of rotatable bonds is 4. The van der Waals surface area contributed by atoms with Crippen LogP contribution >= 0.6 is 11.6 Å². The Balaban J connectivity index is 1.29. The average Bonchev–Trinajstić information content (AvgIpc) is 3.49. The van der Waals surface area contributed by atoms with Crippen molar-refractivity contribution < 1.29 is 4.79 Å². The number of carbonyl (C=O) groups excluding carboxylic acids is 1. The molecule has 4 nitrogen and oxygen atoms in total. The van der Waals surface area contributed by atoms with Crippen LogP contribution in [0.3, 0.4) is 0 Å². The third kappa shape index (κ3) is 3.65. The Kier molecular flexibility index (Phi) is 4.77. The van der Waals surface area contributed by atoms with Crippen LogP contribution in [0.25, 0.3) is 0 Å². The summed E-state index contributed by atoms with van der Waals surface area (Å²) in [4.78, 5) is 16.8. The van der Waals surface area contributed by atoms with E-state index < -0.39 is 0 Å². The lowest BCUT2D eigenvalue weighted by molar-refractivity contribution is 0.193. The molecule has 136 valence electrons. The molecule has 1 aliphatic heterocycles. The van der Waals surface area contributed by atoms with Crippen LogP contribution in [-0.4, -0.2) is 43.7 Å². The fourth-order valence-electron chi connectivity index (χ4n) is 3.69. The Morgan fingerprint density at radius 2 is 1.62 bits per heavy atom. The maximum atomic E-state index is 12.6. The number of anilines is 1. The molecule has 0 aromatic heterocycles. The van der Waals surface area contributed by atoms with Gasteiger partial charge in [-0.1, -0.05) is 41.9 Å². The van der Waals surface area contributed by atoms with Crippen molar-refractivity contribution in [1.29, 1.82) is 0 Å². The van der Waals surface area contributed by atoms with Crippen LogP contribution in [0.5, 0.6) is 0 Å². The second-order valence-corrected chi connectivity index (χ2v) is 7.69. The normalized spacial score (nSPS) is 18.5. The average molecular weight is 370 g/mol. The predicted octanol–water partition coefficient (Wildman–Crippen LogP) is 3.90. The number of nitrogens with one attached hydrogen (secondary N) is 1. The molecule has 1 aliphatic carbocycles. The van der Waals surface area contributed by atoms with Crippen LogP contribution in [0, 0.1) is 0 Å². The minimum atomic E-state index is 0.0537. The molecular formula is C21H24ClN3O. The van der Waals surface area contributed by atoms with Crippen molar-refractivity contribution in [2.24, 2.45) is 0 Å². The topological polar surface area (TPSA) is 35.6 Å². The SMILES string of the molecule is O=C(NCC1(c2ccc(Cl)cc2)CC1)N1CCN(c2ccccc2)CC1. The number of piperazine rings is 1. The molecule has 0 radical (unpaired) electrons. The minimum Gasteiger partial charge on any atom is -0.368 e. The first-order valence-electron chi connectivity index (χ1n) is 9.25. The fourth-order valence-corrected chi connectivity index (χ4v) is 3.81. The lowest BCUT2D eigenvalue weighted by Gasteiger charge is -2.36. The molecule has 4 rings (SSSR count). The van der Waals surface area contributed by atoms with Gasteiger partial charge in [-0.25, -0.2) is 4.79 Å². The highest BCUT2D eigenvalue weighted by molar-refractivity contribution is 6.30. The van der Waals surface area contributed by atoms with Gasteiger partial charge < -0.3 is 15.1 Å². The summed E-state index contributed by atoms with van der Waals surface area (Å²) in [6, 6.07) is 18.5. The number of halogens is 1. The standard InChI is InChI=1S/C21H24ClN3O/c22-18-8-6-17(7-9-18)21(10-11-21)16-23-20(26)25-14-12-24(13-15-25)19-4-2-1-3-5-19/h1-9H,10-16H2,(H,23,26). The van der Waals surface area contributed by atoms with Crippen molar-refractivity contribution in [3.05, 3.63) is 65.2 Å². The largest absolute Gasteiger partial charge is 0.368 e. The molecule has 2 fully saturated rings. The van der Waals surface area contributed by atoms with Crippen LogP contribution < -0.4 is 10.2 Å². The van der Waals surface area contributed by atoms with Gasteiger partial charge in [0, 0.05) is 48.8 Å². The van der Waals surface area contributed by atoms with Crippen LogP contribution in [0.1, 0.15) is 18.4 Å². The van der Waals surface area contributed by atoms with Crippen LogP contribution in [0.15, 0.2) is 54.6 Å². The number of hydrogen-bond acceptors (Lipinski definition) is 2. The fraction of sp³-hybridized carbons (Fsp3) is 0.381. The van der Waals surface area contributed by atoms with Gasteiger partial charge >= 0.3 is 6.03 Å². The summed E-state index contributed by atoms with van der Waals surface area (Å²) in [6.45, 7) is 3.97. The number of benzene rings is 2. The third-order valence-electron chi connectivity index (χ3n) is 5.58. The molecule has 2 aromatic carbocycles. The summed E-state index contributed by atoms with van der Waals surface area (Å²) < 4.78 is 0. The van der Waals surface area contributed by atoms with Crippen molar-refractivity contribution in [3.63, 3.8) is 0 Å². The van der Waals surface area contributed by atoms with E-state index >= 15 is 0 Å². The van der Waals surface area contributed by atoms with Gasteiger partial charge in [0.05, 0.1) is 0 Å². The molecule has 1 N–H and O–H groups in total. The molecule has 2 aliphatic rings. The van der Waals surface area contributed by atoms with E-state index in [2.05, 4.69) is 46.6 Å². The molecule has 26 heavy (non-hydrogen) atoms. The second-order valence-electron chi connectivity index (χ2n) is 7.26. The Bertz CT molecular complexity index is 751. The molecule has 0 spiro atoms. The molecule has 1 saturated heterocycles. The van der Waals surface area contributed by atoms with E-state index in [1.165, 1.54) is 11.3 Å². The summed E-state index contributed by atoms with van der Waals surface area (Å²) in [5.41, 5.74) is 2.61. The molecular weight excluding hydrogens is 346 g/mol. The molecule has 5 heteroatoms. The summed E-state index contributed by atoms with van der Waals surface area (Å²) in [5, 5.41) is 3.91. The smallest absolute Gasteiger partial charge is 0.317 e. The van der Waals surface area contributed by atoms with Crippen LogP contribution in [-0.2, 0) is 5.41 Å². The molecule has 0 unspecified atom stereocenters. The first-order valence-corrected chi connectivity index (χ1v) is 9.63. The number of hydrogen-bond donors (Lipinski definition) is 1. The summed E-state index contributed by atoms with van der Waals surface area (Å²) in [5.74, 6) is 0. The van der Waals surface area contributed by atoms with Crippen molar-refractivity contribution in [2.75, 3.05) is 37.6 Å². The Morgan fingerprint density at radius 3 is 2.23 bits per heavy atom. The van der Waals surface area contributed by atoms with Gasteiger partial charge in [-0.2, -0.15) is 0 Å². The van der Waals surface area contributed by atoms with E-state index in [0.29, 0.717) is 6.54 Å². The highest BCUT2D eigenvalue weighted by Gasteiger charge is 2.44. The Morgan fingerprint density at radius 1 is 0.962 bits per heavy atom. The lowest BCUT2D eigenvalue weighted by atomic mass is 9.96. The van der Waals surface area contributed by atoms with E-state index in [9.17, 15) is 4.79 Å². The maximum absolute atomic E-state index is 12.6. The first kappa shape index (κ1) is 17.2. The van der Waals surface area contributed by atoms with Gasteiger partial charge in [0.15, 0.2) is 0 Å². The van der Waals surface area contributed by atoms with Gasteiger partial charge in [-0.3, -0.25) is 0 Å². The summed E-state index contributed by atoms with van der Waals surface area (Å²) in [6.07, 6.45) is 2.24.